The highest BCUT2D eigenvalue weighted by Crippen LogP contribution is 2.26. The van der Waals surface area contributed by atoms with Crippen LogP contribution in [0.3, 0.4) is 0 Å². The minimum atomic E-state index is -0.224. The van der Waals surface area contributed by atoms with Crippen LogP contribution < -0.4 is 5.73 Å². The fourth-order valence-corrected chi connectivity index (χ4v) is 3.06. The number of rotatable bonds is 6. The summed E-state index contributed by atoms with van der Waals surface area (Å²) in [5, 5.41) is 0. The minimum Gasteiger partial charge on any atom is -0.456 e. The van der Waals surface area contributed by atoms with Crippen LogP contribution in [0.25, 0.3) is 0 Å². The van der Waals surface area contributed by atoms with Crippen LogP contribution in [0.4, 0.5) is 0 Å². The Morgan fingerprint density at radius 1 is 1.17 bits per heavy atom. The van der Waals surface area contributed by atoms with Gasteiger partial charge in [0.25, 0.3) is 0 Å². The van der Waals surface area contributed by atoms with Crippen molar-refractivity contribution in [3.8, 4) is 0 Å². The van der Waals surface area contributed by atoms with Crippen molar-refractivity contribution >= 4 is 5.91 Å². The summed E-state index contributed by atoms with van der Waals surface area (Å²) >= 11 is 0. The molecule has 0 aromatic rings. The first-order valence-corrected chi connectivity index (χ1v) is 8.58. The fourth-order valence-electron chi connectivity index (χ4n) is 3.06. The van der Waals surface area contributed by atoms with Gasteiger partial charge in [-0.1, -0.05) is 18.2 Å². The normalized spacial score (nSPS) is 21.3. The Labute approximate surface area is 142 Å². The zero-order chi connectivity index (χ0) is 16.8. The van der Waals surface area contributed by atoms with E-state index < -0.39 is 0 Å². The lowest BCUT2D eigenvalue weighted by molar-refractivity contribution is -0.118. The van der Waals surface area contributed by atoms with Crippen molar-refractivity contribution in [3.63, 3.8) is 0 Å². The Balaban J connectivity index is 1.43. The van der Waals surface area contributed by atoms with E-state index in [0.29, 0.717) is 6.42 Å². The van der Waals surface area contributed by atoms with Crippen molar-refractivity contribution < 1.29 is 14.3 Å². The van der Waals surface area contributed by atoms with Crippen molar-refractivity contribution in [1.29, 1.82) is 0 Å². The summed E-state index contributed by atoms with van der Waals surface area (Å²) in [6.45, 7) is 4.59. The number of nitrogens with two attached hydrogens (primary N) is 1. The van der Waals surface area contributed by atoms with Gasteiger partial charge in [0.1, 0.15) is 6.26 Å². The van der Waals surface area contributed by atoms with Crippen LogP contribution in [-0.4, -0.2) is 48.4 Å². The standard InChI is InChI=1S/C18H25N3O3/c19-17(22)7-4-8-20-9-11-21(12-10-20)18-14-23-16(13-24-18)15-5-2-1-3-6-15/h1-2,5,13-14H,3-4,6-12H2,(H2,19,22). The second-order valence-electron chi connectivity index (χ2n) is 6.23. The Kier molecular flexibility index (Phi) is 5.59. The molecule has 0 unspecified atom stereocenters. The molecule has 0 spiro atoms. The van der Waals surface area contributed by atoms with Crippen molar-refractivity contribution in [2.75, 3.05) is 32.7 Å². The Hall–Kier alpha value is -2.21. The van der Waals surface area contributed by atoms with Gasteiger partial charge in [0, 0.05) is 32.6 Å². The molecule has 2 heterocycles. The van der Waals surface area contributed by atoms with E-state index in [9.17, 15) is 4.79 Å². The van der Waals surface area contributed by atoms with E-state index in [0.717, 1.165) is 63.6 Å². The van der Waals surface area contributed by atoms with Gasteiger partial charge in [-0.2, -0.15) is 0 Å². The number of hydrogen-bond acceptors (Lipinski definition) is 5. The Morgan fingerprint density at radius 2 is 2.00 bits per heavy atom. The van der Waals surface area contributed by atoms with Gasteiger partial charge >= 0.3 is 0 Å². The van der Waals surface area contributed by atoms with Gasteiger partial charge in [-0.05, 0) is 31.4 Å². The second-order valence-corrected chi connectivity index (χ2v) is 6.23. The van der Waals surface area contributed by atoms with Crippen LogP contribution >= 0.6 is 0 Å². The molecular formula is C18H25N3O3. The molecule has 130 valence electrons. The van der Waals surface area contributed by atoms with Crippen LogP contribution in [0.15, 0.2) is 48.0 Å². The highest BCUT2D eigenvalue weighted by molar-refractivity contribution is 5.73. The van der Waals surface area contributed by atoms with Crippen LogP contribution in [0.1, 0.15) is 25.7 Å². The second kappa shape index (κ2) is 8.06. The molecule has 1 saturated heterocycles. The van der Waals surface area contributed by atoms with Crippen molar-refractivity contribution in [2.45, 2.75) is 25.7 Å². The summed E-state index contributed by atoms with van der Waals surface area (Å²) in [4.78, 5) is 15.3. The number of nitrogens with zero attached hydrogens (tertiary/aromatic N) is 2. The average Bonchev–Trinajstić information content (AvgIpc) is 2.63. The third-order valence-corrected chi connectivity index (χ3v) is 4.49. The van der Waals surface area contributed by atoms with Gasteiger partial charge in [0.2, 0.25) is 11.8 Å². The molecule has 1 aliphatic carbocycles. The number of allylic oxidation sites excluding steroid dienone is 4. The number of carbonyl (C=O) groups is 1. The minimum absolute atomic E-state index is 0.224. The molecule has 0 atom stereocenters. The van der Waals surface area contributed by atoms with Crippen LogP contribution in [0.2, 0.25) is 0 Å². The van der Waals surface area contributed by atoms with E-state index in [-0.39, 0.29) is 5.91 Å². The molecule has 6 nitrogen and oxygen atoms in total. The number of amides is 1. The van der Waals surface area contributed by atoms with E-state index in [1.807, 2.05) is 0 Å². The zero-order valence-corrected chi connectivity index (χ0v) is 13.9. The maximum atomic E-state index is 10.8. The summed E-state index contributed by atoms with van der Waals surface area (Å²) in [6, 6.07) is 0. The maximum absolute atomic E-state index is 10.8. The molecule has 0 saturated carbocycles. The first-order chi connectivity index (χ1) is 11.7. The molecule has 1 fully saturated rings. The molecule has 0 bridgehead atoms. The zero-order valence-electron chi connectivity index (χ0n) is 13.9. The summed E-state index contributed by atoms with van der Waals surface area (Å²) < 4.78 is 11.6. The first-order valence-electron chi connectivity index (χ1n) is 8.58. The van der Waals surface area contributed by atoms with E-state index in [1.165, 1.54) is 5.57 Å². The van der Waals surface area contributed by atoms with E-state index in [4.69, 9.17) is 15.2 Å². The van der Waals surface area contributed by atoms with Crippen LogP contribution in [0.5, 0.6) is 0 Å². The predicted octanol–water partition coefficient (Wildman–Crippen LogP) is 1.83. The third kappa shape index (κ3) is 4.41. The van der Waals surface area contributed by atoms with Gasteiger partial charge in [-0.15, -0.1) is 0 Å². The lowest BCUT2D eigenvalue weighted by Crippen LogP contribution is -2.46. The number of piperazine rings is 1. The number of ether oxygens (including phenoxy) is 2. The molecule has 3 rings (SSSR count). The maximum Gasteiger partial charge on any atom is 0.231 e. The Bertz CT molecular complexity index is 584. The molecule has 0 aromatic heterocycles. The van der Waals surface area contributed by atoms with Gasteiger partial charge in [0.05, 0.1) is 0 Å². The van der Waals surface area contributed by atoms with Gasteiger partial charge < -0.3 is 20.1 Å². The monoisotopic (exact) mass is 331 g/mol. The summed E-state index contributed by atoms with van der Waals surface area (Å²) in [5.74, 6) is 1.34. The molecule has 2 aliphatic heterocycles. The topological polar surface area (TPSA) is 68.0 Å². The predicted molar refractivity (Wildman–Crippen MR) is 91.2 cm³/mol. The van der Waals surface area contributed by atoms with Gasteiger partial charge in [-0.25, -0.2) is 0 Å². The van der Waals surface area contributed by atoms with E-state index in [2.05, 4.69) is 28.0 Å². The molecular weight excluding hydrogens is 306 g/mol. The lowest BCUT2D eigenvalue weighted by Gasteiger charge is -2.36. The number of carbonyl (C=O) groups excluding carboxylic acids is 1. The van der Waals surface area contributed by atoms with Crippen LogP contribution in [0, 0.1) is 0 Å². The first kappa shape index (κ1) is 16.6. The number of primary amides is 1. The molecule has 0 radical (unpaired) electrons. The Morgan fingerprint density at radius 3 is 2.62 bits per heavy atom. The molecule has 0 aromatic carbocycles. The van der Waals surface area contributed by atoms with Gasteiger partial charge in [0.15, 0.2) is 12.0 Å². The summed E-state index contributed by atoms with van der Waals surface area (Å²) in [5.41, 5.74) is 6.35. The highest BCUT2D eigenvalue weighted by atomic mass is 16.6. The smallest absolute Gasteiger partial charge is 0.231 e. The fraction of sp³-hybridized carbons (Fsp3) is 0.500. The molecule has 3 aliphatic rings. The number of hydrogen-bond donors (Lipinski definition) is 1. The third-order valence-electron chi connectivity index (χ3n) is 4.49. The van der Waals surface area contributed by atoms with E-state index >= 15 is 0 Å². The van der Waals surface area contributed by atoms with Crippen molar-refractivity contribution in [2.24, 2.45) is 5.73 Å². The van der Waals surface area contributed by atoms with Gasteiger partial charge in [-0.3, -0.25) is 9.69 Å². The quantitative estimate of drug-likeness (QED) is 0.804. The SMILES string of the molecule is NC(=O)CCCN1CCN(C2=COC(C3=CC=CCC3)=CO2)CC1. The molecule has 2 N–H and O–H groups in total. The largest absolute Gasteiger partial charge is 0.456 e. The van der Waals surface area contributed by atoms with Crippen molar-refractivity contribution in [3.05, 3.63) is 48.0 Å². The summed E-state index contributed by atoms with van der Waals surface area (Å²) in [6.07, 6.45) is 13.0. The average molecular weight is 331 g/mol. The van der Waals surface area contributed by atoms with Crippen LogP contribution in [-0.2, 0) is 14.3 Å². The lowest BCUT2D eigenvalue weighted by atomic mass is 10.0. The van der Waals surface area contributed by atoms with E-state index in [1.54, 1.807) is 12.5 Å². The van der Waals surface area contributed by atoms with Crippen molar-refractivity contribution in [1.82, 2.24) is 9.80 Å². The molecule has 24 heavy (non-hydrogen) atoms. The highest BCUT2D eigenvalue weighted by Gasteiger charge is 2.22. The summed E-state index contributed by atoms with van der Waals surface area (Å²) in [7, 11) is 0. The molecule has 1 amide bonds. The molecule has 6 heteroatoms.